The monoisotopic (exact) mass is 540 g/mol. The number of anilines is 3. The van der Waals surface area contributed by atoms with Crippen LogP contribution in [0.3, 0.4) is 0 Å². The normalized spacial score (nSPS) is 11.2. The lowest BCUT2D eigenvalue weighted by atomic mass is 10.2. The highest BCUT2D eigenvalue weighted by molar-refractivity contribution is 14.1. The van der Waals surface area contributed by atoms with Crippen molar-refractivity contribution in [3.05, 3.63) is 77.2 Å². The number of carbonyl (C=O) groups excluding carboxylic acids is 1. The number of aromatic nitrogens is 2. The molecule has 0 spiro atoms. The van der Waals surface area contributed by atoms with Crippen molar-refractivity contribution in [2.24, 2.45) is 0 Å². The molecule has 3 aromatic rings. The van der Waals surface area contributed by atoms with Crippen molar-refractivity contribution in [1.29, 1.82) is 0 Å². The van der Waals surface area contributed by atoms with Gasteiger partial charge in [-0.15, -0.1) is 10.2 Å². The van der Waals surface area contributed by atoms with Crippen LogP contribution < -0.4 is 10.6 Å². The van der Waals surface area contributed by atoms with E-state index in [0.717, 1.165) is 5.56 Å². The van der Waals surface area contributed by atoms with E-state index in [1.54, 1.807) is 65.1 Å². The molecule has 0 radical (unpaired) electrons. The lowest BCUT2D eigenvalue weighted by molar-refractivity contribution is 0.110. The molecule has 0 fully saturated rings. The molecule has 0 aliphatic rings. The minimum absolute atomic E-state index is 0.0340. The third-order valence-corrected chi connectivity index (χ3v) is 5.38. The Morgan fingerprint density at radius 3 is 2.43 bits per heavy atom. The third-order valence-electron chi connectivity index (χ3n) is 4.01. The summed E-state index contributed by atoms with van der Waals surface area (Å²) in [6, 6.07) is 14.7. The molecule has 1 heterocycles. The molecule has 30 heavy (non-hydrogen) atoms. The first kappa shape index (κ1) is 22.1. The van der Waals surface area contributed by atoms with E-state index in [9.17, 15) is 17.6 Å². The number of nitrogens with zero attached hydrogens (tertiary/aromatic N) is 2. The quantitative estimate of drug-likeness (QED) is 0.328. The smallest absolute Gasteiger partial charge is 0.244 e. The average Bonchev–Trinajstić information content (AvgIpc) is 2.67. The molecule has 1 aromatic heterocycles. The summed E-state index contributed by atoms with van der Waals surface area (Å²) < 4.78 is 35.9. The van der Waals surface area contributed by atoms with Crippen LogP contribution in [0.2, 0.25) is 0 Å². The standard InChI is InChI=1S/C20H18FIN4O3S/c1-30(28,29)12-13-5-7-16(8-6-13)24-18-10-17(19(20(22)27)26-25-18)23-11-14-3-2-4-15(21)9-14/h2-10H,11-12H2,1H3,(H2,23,24,25). The fourth-order valence-electron chi connectivity index (χ4n) is 2.71. The second-order valence-electron chi connectivity index (χ2n) is 6.64. The van der Waals surface area contributed by atoms with Gasteiger partial charge in [-0.05, 0) is 35.4 Å². The Bertz CT molecular complexity index is 1170. The molecule has 2 aromatic carbocycles. The van der Waals surface area contributed by atoms with E-state index in [-0.39, 0.29) is 21.1 Å². The van der Waals surface area contributed by atoms with Gasteiger partial charge in [-0.1, -0.05) is 24.3 Å². The molecule has 0 amide bonds. The molecule has 0 aliphatic carbocycles. The highest BCUT2D eigenvalue weighted by atomic mass is 127. The Labute approximate surface area is 187 Å². The first-order valence-electron chi connectivity index (χ1n) is 8.79. The molecule has 0 aliphatic heterocycles. The van der Waals surface area contributed by atoms with Crippen molar-refractivity contribution in [2.45, 2.75) is 12.3 Å². The zero-order valence-corrected chi connectivity index (χ0v) is 18.9. The topological polar surface area (TPSA) is 101 Å². The summed E-state index contributed by atoms with van der Waals surface area (Å²) in [7, 11) is -3.11. The molecule has 10 heteroatoms. The first-order valence-corrected chi connectivity index (χ1v) is 11.9. The second-order valence-corrected chi connectivity index (χ2v) is 9.76. The lowest BCUT2D eigenvalue weighted by Crippen LogP contribution is -2.09. The van der Waals surface area contributed by atoms with E-state index in [4.69, 9.17) is 0 Å². The van der Waals surface area contributed by atoms with Crippen molar-refractivity contribution in [3.8, 4) is 0 Å². The molecular formula is C20H18FIN4O3S. The summed E-state index contributed by atoms with van der Waals surface area (Å²) in [6.07, 6.45) is 1.18. The molecule has 0 unspecified atom stereocenters. The van der Waals surface area contributed by atoms with Gasteiger partial charge in [0, 0.05) is 47.1 Å². The van der Waals surface area contributed by atoms with Gasteiger partial charge in [-0.25, -0.2) is 12.8 Å². The fourth-order valence-corrected chi connectivity index (χ4v) is 3.91. The largest absolute Gasteiger partial charge is 0.379 e. The van der Waals surface area contributed by atoms with Crippen molar-refractivity contribution < 1.29 is 17.6 Å². The van der Waals surface area contributed by atoms with Crippen LogP contribution in [-0.4, -0.2) is 28.7 Å². The van der Waals surface area contributed by atoms with E-state index < -0.39 is 9.84 Å². The summed E-state index contributed by atoms with van der Waals surface area (Å²) >= 11 is 1.63. The molecule has 3 rings (SSSR count). The summed E-state index contributed by atoms with van der Waals surface area (Å²) in [5.74, 6) is 0.0243. The predicted octanol–water partition coefficient (Wildman–Crippen LogP) is 4.09. The minimum Gasteiger partial charge on any atom is -0.379 e. The van der Waals surface area contributed by atoms with Gasteiger partial charge >= 0.3 is 0 Å². The Morgan fingerprint density at radius 1 is 1.07 bits per heavy atom. The van der Waals surface area contributed by atoms with E-state index in [1.807, 2.05) is 0 Å². The maximum absolute atomic E-state index is 13.4. The predicted molar refractivity (Wildman–Crippen MR) is 122 cm³/mol. The maximum atomic E-state index is 13.4. The highest BCUT2D eigenvalue weighted by Gasteiger charge is 2.13. The molecule has 156 valence electrons. The zero-order chi connectivity index (χ0) is 21.7. The van der Waals surface area contributed by atoms with E-state index in [2.05, 4.69) is 20.8 Å². The fraction of sp³-hybridized carbons (Fsp3) is 0.150. The number of nitrogens with one attached hydrogen (secondary N) is 2. The zero-order valence-electron chi connectivity index (χ0n) is 15.9. The van der Waals surface area contributed by atoms with Gasteiger partial charge in [0.2, 0.25) is 3.79 Å². The van der Waals surface area contributed by atoms with Crippen molar-refractivity contribution in [1.82, 2.24) is 10.2 Å². The van der Waals surface area contributed by atoms with Crippen molar-refractivity contribution in [2.75, 3.05) is 16.9 Å². The Hall–Kier alpha value is -2.60. The molecule has 7 nitrogen and oxygen atoms in total. The van der Waals surface area contributed by atoms with Crippen LogP contribution in [0.5, 0.6) is 0 Å². The average molecular weight is 540 g/mol. The van der Waals surface area contributed by atoms with Gasteiger partial charge in [0.1, 0.15) is 5.82 Å². The van der Waals surface area contributed by atoms with Gasteiger partial charge in [0.25, 0.3) is 0 Å². The van der Waals surface area contributed by atoms with Crippen molar-refractivity contribution in [3.63, 3.8) is 0 Å². The van der Waals surface area contributed by atoms with Crippen LogP contribution >= 0.6 is 22.6 Å². The SMILES string of the molecule is CS(=O)(=O)Cc1ccc(Nc2cc(NCc3cccc(F)c3)c(C(=O)I)nn2)cc1. The van der Waals surface area contributed by atoms with Crippen LogP contribution in [0.4, 0.5) is 21.6 Å². The summed E-state index contributed by atoms with van der Waals surface area (Å²) in [4.78, 5) is 11.9. The molecule has 0 saturated carbocycles. The van der Waals surface area contributed by atoms with Crippen LogP contribution in [-0.2, 0) is 22.1 Å². The summed E-state index contributed by atoms with van der Waals surface area (Å²) in [5.41, 5.74) is 2.71. The summed E-state index contributed by atoms with van der Waals surface area (Å²) in [6.45, 7) is 0.306. The Kier molecular flexibility index (Phi) is 6.98. The molecule has 0 bridgehead atoms. The number of carbonyl (C=O) groups is 1. The van der Waals surface area contributed by atoms with Crippen LogP contribution in [0, 0.1) is 5.82 Å². The number of hydrogen-bond donors (Lipinski definition) is 2. The highest BCUT2D eigenvalue weighted by Crippen LogP contribution is 2.23. The minimum atomic E-state index is -3.11. The second kappa shape index (κ2) is 9.47. The van der Waals surface area contributed by atoms with Gasteiger partial charge in [-0.2, -0.15) is 0 Å². The van der Waals surface area contributed by atoms with E-state index in [1.165, 1.54) is 18.4 Å². The molecular weight excluding hydrogens is 522 g/mol. The van der Waals surface area contributed by atoms with Crippen molar-refractivity contribution >= 4 is 53.4 Å². The summed E-state index contributed by atoms with van der Waals surface area (Å²) in [5, 5.41) is 14.2. The number of halogens is 2. The number of rotatable bonds is 8. The lowest BCUT2D eigenvalue weighted by Gasteiger charge is -2.12. The molecule has 0 saturated heterocycles. The number of benzene rings is 2. The van der Waals surface area contributed by atoms with Crippen LogP contribution in [0.25, 0.3) is 0 Å². The number of sulfone groups is 1. The van der Waals surface area contributed by atoms with Crippen LogP contribution in [0.1, 0.15) is 21.6 Å². The van der Waals surface area contributed by atoms with Gasteiger partial charge in [0.05, 0.1) is 11.4 Å². The van der Waals surface area contributed by atoms with E-state index in [0.29, 0.717) is 29.3 Å². The van der Waals surface area contributed by atoms with Gasteiger partial charge in [0.15, 0.2) is 21.3 Å². The van der Waals surface area contributed by atoms with E-state index >= 15 is 0 Å². The van der Waals surface area contributed by atoms with Gasteiger partial charge < -0.3 is 10.6 Å². The van der Waals surface area contributed by atoms with Crippen LogP contribution in [0.15, 0.2) is 54.6 Å². The Morgan fingerprint density at radius 2 is 1.80 bits per heavy atom. The maximum Gasteiger partial charge on any atom is 0.244 e. The Balaban J connectivity index is 1.77. The molecule has 2 N–H and O–H groups in total. The molecule has 0 atom stereocenters. The third kappa shape index (κ3) is 6.46. The van der Waals surface area contributed by atoms with Gasteiger partial charge in [-0.3, -0.25) is 4.79 Å². The number of hydrogen-bond acceptors (Lipinski definition) is 7. The first-order chi connectivity index (χ1) is 14.2.